The van der Waals surface area contributed by atoms with Crippen LogP contribution in [0.1, 0.15) is 77.3 Å². The number of piperidine rings is 1. The fourth-order valence-corrected chi connectivity index (χ4v) is 5.23. The summed E-state index contributed by atoms with van der Waals surface area (Å²) in [7, 11) is 0. The van der Waals surface area contributed by atoms with Gasteiger partial charge in [0.05, 0.1) is 16.8 Å². The van der Waals surface area contributed by atoms with Gasteiger partial charge in [0.1, 0.15) is 5.82 Å². The topological polar surface area (TPSA) is 66.7 Å². The molecule has 6 nitrogen and oxygen atoms in total. The number of rotatable bonds is 9. The van der Waals surface area contributed by atoms with Crippen molar-refractivity contribution in [3.8, 4) is 0 Å². The van der Waals surface area contributed by atoms with Gasteiger partial charge >= 0.3 is 0 Å². The van der Waals surface area contributed by atoms with Crippen LogP contribution in [0, 0.1) is 5.82 Å². The second kappa shape index (κ2) is 10.1. The smallest absolute Gasteiger partial charge is 0.261 e. The molecular weight excluding hydrogens is 433 g/mol. The van der Waals surface area contributed by atoms with Gasteiger partial charge in [0.25, 0.3) is 11.8 Å². The summed E-state index contributed by atoms with van der Waals surface area (Å²) in [6.07, 6.45) is 7.38. The van der Waals surface area contributed by atoms with Gasteiger partial charge in [-0.25, -0.2) is 4.39 Å². The van der Waals surface area contributed by atoms with E-state index in [9.17, 15) is 14.0 Å². The van der Waals surface area contributed by atoms with Crippen LogP contribution in [-0.4, -0.2) is 52.9 Å². The maximum absolute atomic E-state index is 13.4. The van der Waals surface area contributed by atoms with Crippen molar-refractivity contribution in [3.05, 3.63) is 65.1 Å². The maximum Gasteiger partial charge on any atom is 0.261 e. The number of hydrogen-bond acceptors (Lipinski definition) is 5. The Bertz CT molecular complexity index is 1150. The van der Waals surface area contributed by atoms with Crippen molar-refractivity contribution in [3.63, 3.8) is 0 Å². The van der Waals surface area contributed by atoms with Crippen LogP contribution in [0.4, 0.5) is 4.39 Å². The average Bonchev–Trinajstić information content (AvgIpc) is 3.38. The van der Waals surface area contributed by atoms with Crippen molar-refractivity contribution in [1.82, 2.24) is 15.0 Å². The predicted molar refractivity (Wildman–Crippen MR) is 127 cm³/mol. The number of carbonyl (C=O) groups is 2. The highest BCUT2D eigenvalue weighted by molar-refractivity contribution is 6.21. The molecule has 0 aliphatic carbocycles. The average molecular weight is 464 g/mol. The van der Waals surface area contributed by atoms with Gasteiger partial charge in [0, 0.05) is 23.9 Å². The second-order valence-corrected chi connectivity index (χ2v) is 9.40. The molecule has 0 spiro atoms. The molecule has 0 N–H and O–H groups in total. The van der Waals surface area contributed by atoms with Crippen LogP contribution in [-0.2, 0) is 0 Å². The van der Waals surface area contributed by atoms with Crippen molar-refractivity contribution in [2.24, 2.45) is 0 Å². The number of aromatic nitrogens is 1. The molecule has 2 aliphatic heterocycles. The highest BCUT2D eigenvalue weighted by atomic mass is 19.1. The molecule has 1 aromatic heterocycles. The van der Waals surface area contributed by atoms with Gasteiger partial charge in [-0.2, -0.15) is 0 Å². The molecule has 7 heteroatoms. The first-order valence-electron chi connectivity index (χ1n) is 12.3. The summed E-state index contributed by atoms with van der Waals surface area (Å²) in [6, 6.07) is 11.7. The fourth-order valence-electron chi connectivity index (χ4n) is 5.23. The van der Waals surface area contributed by atoms with Crippen molar-refractivity contribution in [2.45, 2.75) is 50.9 Å². The number of fused-ring (bicyclic) bond motifs is 2. The lowest BCUT2D eigenvalue weighted by atomic mass is 9.91. The summed E-state index contributed by atoms with van der Waals surface area (Å²) < 4.78 is 18.7. The van der Waals surface area contributed by atoms with Gasteiger partial charge in [-0.3, -0.25) is 14.5 Å². The summed E-state index contributed by atoms with van der Waals surface area (Å²) in [4.78, 5) is 28.7. The number of amides is 2. The van der Waals surface area contributed by atoms with Crippen molar-refractivity contribution in [2.75, 3.05) is 26.2 Å². The lowest BCUT2D eigenvalue weighted by Crippen LogP contribution is -2.33. The van der Waals surface area contributed by atoms with E-state index in [1.54, 1.807) is 30.3 Å². The third-order valence-corrected chi connectivity index (χ3v) is 7.17. The Balaban J connectivity index is 0.973. The van der Waals surface area contributed by atoms with Crippen LogP contribution in [0.15, 0.2) is 47.0 Å². The molecule has 0 bridgehead atoms. The fraction of sp³-hybridized carbons (Fsp3) is 0.444. The van der Waals surface area contributed by atoms with Gasteiger partial charge in [0.2, 0.25) is 0 Å². The molecule has 0 radical (unpaired) electrons. The summed E-state index contributed by atoms with van der Waals surface area (Å²) in [5.74, 6) is -0.247. The number of carbonyl (C=O) groups excluding carboxylic acids is 2. The van der Waals surface area contributed by atoms with Crippen LogP contribution in [0.3, 0.4) is 0 Å². The zero-order chi connectivity index (χ0) is 23.5. The van der Waals surface area contributed by atoms with E-state index in [2.05, 4.69) is 10.1 Å². The summed E-state index contributed by atoms with van der Waals surface area (Å²) in [6.45, 7) is 3.68. The van der Waals surface area contributed by atoms with Crippen LogP contribution in [0.5, 0.6) is 0 Å². The lowest BCUT2D eigenvalue weighted by Gasteiger charge is -2.31. The molecular formula is C27H30FN3O3. The number of benzene rings is 2. The minimum Gasteiger partial charge on any atom is -0.356 e. The molecule has 34 heavy (non-hydrogen) atoms. The molecule has 1 saturated heterocycles. The van der Waals surface area contributed by atoms with Gasteiger partial charge in [0.15, 0.2) is 5.58 Å². The number of likely N-dealkylation sites (tertiary alicyclic amines) is 1. The Morgan fingerprint density at radius 2 is 1.53 bits per heavy atom. The Hall–Kier alpha value is -3.06. The number of nitrogens with zero attached hydrogens (tertiary/aromatic N) is 3. The van der Waals surface area contributed by atoms with Crippen molar-refractivity contribution in [1.29, 1.82) is 0 Å². The zero-order valence-electron chi connectivity index (χ0n) is 19.3. The van der Waals surface area contributed by atoms with E-state index >= 15 is 0 Å². The summed E-state index contributed by atoms with van der Waals surface area (Å²) in [5, 5.41) is 5.16. The number of unbranched alkanes of at least 4 members (excludes halogenated alkanes) is 4. The van der Waals surface area contributed by atoms with Gasteiger partial charge in [-0.1, -0.05) is 36.6 Å². The van der Waals surface area contributed by atoms with Gasteiger partial charge < -0.3 is 9.42 Å². The molecule has 2 amide bonds. The molecule has 3 aromatic rings. The number of imide groups is 1. The van der Waals surface area contributed by atoms with E-state index < -0.39 is 0 Å². The minimum absolute atomic E-state index is 0.158. The monoisotopic (exact) mass is 463 g/mol. The van der Waals surface area contributed by atoms with Crippen molar-refractivity contribution >= 4 is 22.8 Å². The molecule has 3 heterocycles. The minimum atomic E-state index is -0.298. The molecule has 5 rings (SSSR count). The molecule has 0 saturated carbocycles. The Morgan fingerprint density at radius 3 is 2.24 bits per heavy atom. The highest BCUT2D eigenvalue weighted by Gasteiger charge is 2.34. The van der Waals surface area contributed by atoms with E-state index in [4.69, 9.17) is 4.52 Å². The number of hydrogen-bond donors (Lipinski definition) is 0. The molecule has 0 unspecified atom stereocenters. The SMILES string of the molecule is O=C1c2ccccc2C(=O)N1CCCCCCCN1CCC(c2noc3cc(F)ccc23)CC1. The Morgan fingerprint density at radius 1 is 0.882 bits per heavy atom. The summed E-state index contributed by atoms with van der Waals surface area (Å²) >= 11 is 0. The largest absolute Gasteiger partial charge is 0.356 e. The van der Waals surface area contributed by atoms with E-state index in [0.717, 1.165) is 75.7 Å². The zero-order valence-corrected chi connectivity index (χ0v) is 19.3. The predicted octanol–water partition coefficient (Wildman–Crippen LogP) is 5.39. The second-order valence-electron chi connectivity index (χ2n) is 9.40. The van der Waals surface area contributed by atoms with Crippen molar-refractivity contribution < 1.29 is 18.5 Å². The maximum atomic E-state index is 13.4. The molecule has 2 aromatic carbocycles. The van der Waals surface area contributed by atoms with Crippen LogP contribution >= 0.6 is 0 Å². The van der Waals surface area contributed by atoms with E-state index in [0.29, 0.717) is 29.2 Å². The van der Waals surface area contributed by atoms with Crippen LogP contribution < -0.4 is 0 Å². The van der Waals surface area contributed by atoms with Gasteiger partial charge in [-0.15, -0.1) is 0 Å². The van der Waals surface area contributed by atoms with E-state index in [1.807, 2.05) is 0 Å². The quantitative estimate of drug-likeness (QED) is 0.314. The number of halogens is 1. The van der Waals surface area contributed by atoms with E-state index in [-0.39, 0.29) is 17.6 Å². The Labute approximate surface area is 198 Å². The molecule has 1 fully saturated rings. The first kappa shape index (κ1) is 22.7. The lowest BCUT2D eigenvalue weighted by molar-refractivity contribution is 0.0651. The highest BCUT2D eigenvalue weighted by Crippen LogP contribution is 2.33. The van der Waals surface area contributed by atoms with Crippen LogP contribution in [0.2, 0.25) is 0 Å². The first-order valence-corrected chi connectivity index (χ1v) is 12.3. The Kier molecular flexibility index (Phi) is 6.72. The molecule has 178 valence electrons. The van der Waals surface area contributed by atoms with Gasteiger partial charge in [-0.05, 0) is 69.6 Å². The molecule has 2 aliphatic rings. The summed E-state index contributed by atoms with van der Waals surface area (Å²) in [5.41, 5.74) is 2.55. The van der Waals surface area contributed by atoms with E-state index in [1.165, 1.54) is 17.0 Å². The first-order chi connectivity index (χ1) is 16.6. The molecule has 0 atom stereocenters. The van der Waals surface area contributed by atoms with Crippen LogP contribution in [0.25, 0.3) is 11.0 Å². The standard InChI is InChI=1S/C27H30FN3O3/c28-20-10-11-23-24(18-20)34-29-25(23)19-12-16-30(17-13-19)14-6-2-1-3-7-15-31-26(32)21-8-4-5-9-22(21)27(31)33/h4-5,8-11,18-19H,1-3,6-7,12-17H2. The third-order valence-electron chi connectivity index (χ3n) is 7.17. The normalized spacial score (nSPS) is 17.1. The third kappa shape index (κ3) is 4.62.